The van der Waals surface area contributed by atoms with E-state index in [1.165, 1.54) is 43.0 Å². The Morgan fingerprint density at radius 1 is 0.488 bits per heavy atom. The van der Waals surface area contributed by atoms with Crippen LogP contribution in [0.15, 0.2) is 77.2 Å². The minimum Gasteiger partial charge on any atom is -0.388 e. The number of aryl methyl sites for hydroxylation is 2. The summed E-state index contributed by atoms with van der Waals surface area (Å²) < 4.78 is 10.8. The smallest absolute Gasteiger partial charge is 0.328 e. The Balaban J connectivity index is 1.49. The van der Waals surface area contributed by atoms with E-state index >= 15 is 0 Å². The Morgan fingerprint density at radius 3 is 1.20 bits per heavy atom. The van der Waals surface area contributed by atoms with E-state index in [0.717, 1.165) is 22.1 Å². The molecule has 206 valence electrons. The Kier molecular flexibility index (Phi) is 5.56. The largest absolute Gasteiger partial charge is 0.388 e. The minimum absolute atomic E-state index is 0.472. The molecule has 0 aliphatic rings. The summed E-state index contributed by atoms with van der Waals surface area (Å²) >= 11 is 0. The standard InChI is InChI=1S/C34H36N4OSi2/c1-21-9-13-29-25(17-21)26-18-22(2)10-14-30(26)37(29)33-35-36-34(39-33)38-31-15-11-23(40(3,4)5)19-27(31)28-20-24(41(6,7)8)12-16-32(28)38/h9-20H,1-8H3. The van der Waals surface area contributed by atoms with Crippen LogP contribution in [0.3, 0.4) is 0 Å². The van der Waals surface area contributed by atoms with Crippen molar-refractivity contribution >= 4 is 70.1 Å². The van der Waals surface area contributed by atoms with Gasteiger partial charge in [-0.15, -0.1) is 0 Å². The van der Waals surface area contributed by atoms with E-state index < -0.39 is 16.1 Å². The van der Waals surface area contributed by atoms with Crippen LogP contribution in [0.25, 0.3) is 55.6 Å². The summed E-state index contributed by atoms with van der Waals surface area (Å²) in [6.07, 6.45) is 0. The van der Waals surface area contributed by atoms with Gasteiger partial charge in [-0.3, -0.25) is 9.13 Å². The molecule has 0 N–H and O–H groups in total. The summed E-state index contributed by atoms with van der Waals surface area (Å²) in [7, 11) is -3.01. The lowest BCUT2D eigenvalue weighted by molar-refractivity contribution is 0.515. The van der Waals surface area contributed by atoms with Gasteiger partial charge in [0.2, 0.25) is 0 Å². The molecule has 0 radical (unpaired) electrons. The van der Waals surface area contributed by atoms with Crippen LogP contribution in [0.4, 0.5) is 0 Å². The maximum absolute atomic E-state index is 6.58. The first-order chi connectivity index (χ1) is 19.4. The summed E-state index contributed by atoms with van der Waals surface area (Å²) in [5, 5.41) is 17.1. The van der Waals surface area contributed by atoms with Crippen molar-refractivity contribution in [3.05, 3.63) is 83.9 Å². The molecular formula is C34H36N4OSi2. The summed E-state index contributed by atoms with van der Waals surface area (Å²) in [6.45, 7) is 18.7. The molecule has 41 heavy (non-hydrogen) atoms. The second kappa shape index (κ2) is 8.77. The SMILES string of the molecule is Cc1ccc2c(c1)c1cc(C)ccc1n2-c1nnc(-n2c3ccc([Si](C)(C)C)cc3c3cc([Si](C)(C)C)ccc32)o1. The zero-order valence-electron chi connectivity index (χ0n) is 25.1. The lowest BCUT2D eigenvalue weighted by Gasteiger charge is -2.17. The fourth-order valence-electron chi connectivity index (χ4n) is 6.01. The first-order valence-corrected chi connectivity index (χ1v) is 21.3. The minimum atomic E-state index is -1.51. The van der Waals surface area contributed by atoms with E-state index in [1.807, 2.05) is 0 Å². The van der Waals surface area contributed by atoms with Crippen LogP contribution < -0.4 is 10.4 Å². The highest BCUT2D eigenvalue weighted by Gasteiger charge is 2.24. The average Bonchev–Trinajstić information content (AvgIpc) is 3.59. The van der Waals surface area contributed by atoms with Crippen LogP contribution in [0.1, 0.15) is 11.1 Å². The molecule has 0 bridgehead atoms. The fourth-order valence-corrected chi connectivity index (χ4v) is 8.33. The zero-order valence-corrected chi connectivity index (χ0v) is 27.1. The maximum Gasteiger partial charge on any atom is 0.328 e. The number of nitrogens with zero attached hydrogens (tertiary/aromatic N) is 4. The highest BCUT2D eigenvalue weighted by molar-refractivity contribution is 6.89. The van der Waals surface area contributed by atoms with Gasteiger partial charge in [0.05, 0.1) is 38.2 Å². The van der Waals surface area contributed by atoms with Crippen LogP contribution in [0.5, 0.6) is 0 Å². The summed E-state index contributed by atoms with van der Waals surface area (Å²) in [4.78, 5) is 0. The molecule has 0 saturated heterocycles. The molecule has 0 atom stereocenters. The highest BCUT2D eigenvalue weighted by atomic mass is 28.3. The van der Waals surface area contributed by atoms with Crippen LogP contribution in [0, 0.1) is 13.8 Å². The molecule has 7 aromatic rings. The third kappa shape index (κ3) is 4.09. The van der Waals surface area contributed by atoms with E-state index in [9.17, 15) is 0 Å². The highest BCUT2D eigenvalue weighted by Crippen LogP contribution is 2.35. The molecule has 0 unspecified atom stereocenters. The molecule has 0 fully saturated rings. The zero-order chi connectivity index (χ0) is 28.8. The van der Waals surface area contributed by atoms with Crippen LogP contribution in [0.2, 0.25) is 39.3 Å². The third-order valence-electron chi connectivity index (χ3n) is 8.36. The van der Waals surface area contributed by atoms with E-state index in [4.69, 9.17) is 4.42 Å². The molecule has 0 spiro atoms. The number of hydrogen-bond acceptors (Lipinski definition) is 3. The van der Waals surface area contributed by atoms with Gasteiger partial charge in [0.15, 0.2) is 0 Å². The Labute approximate surface area is 242 Å². The van der Waals surface area contributed by atoms with Crippen molar-refractivity contribution in [2.75, 3.05) is 0 Å². The summed E-state index contributed by atoms with van der Waals surface area (Å²) in [6, 6.07) is 27.9. The van der Waals surface area contributed by atoms with Crippen molar-refractivity contribution < 1.29 is 4.42 Å². The van der Waals surface area contributed by atoms with E-state index in [-0.39, 0.29) is 0 Å². The monoisotopic (exact) mass is 572 g/mol. The lowest BCUT2D eigenvalue weighted by atomic mass is 10.1. The van der Waals surface area contributed by atoms with E-state index in [1.54, 1.807) is 0 Å². The Bertz CT molecular complexity index is 2020. The molecule has 0 saturated carbocycles. The number of fused-ring (bicyclic) bond motifs is 6. The third-order valence-corrected chi connectivity index (χ3v) is 12.4. The van der Waals surface area contributed by atoms with Crippen molar-refractivity contribution in [2.24, 2.45) is 0 Å². The predicted molar refractivity (Wildman–Crippen MR) is 178 cm³/mol. The molecule has 0 aliphatic carbocycles. The first kappa shape index (κ1) is 26.0. The normalized spacial score (nSPS) is 12.9. The second-order valence-corrected chi connectivity index (χ2v) is 23.7. The molecular weight excluding hydrogens is 537 g/mol. The molecule has 3 aromatic heterocycles. The molecule has 4 aromatic carbocycles. The van der Waals surface area contributed by atoms with E-state index in [0.29, 0.717) is 12.0 Å². The summed E-state index contributed by atoms with van der Waals surface area (Å²) in [5.41, 5.74) is 6.77. The molecule has 0 aliphatic heterocycles. The number of aromatic nitrogens is 4. The fraction of sp³-hybridized carbons (Fsp3) is 0.235. The van der Waals surface area contributed by atoms with Crippen molar-refractivity contribution in [1.29, 1.82) is 0 Å². The number of benzene rings is 4. The van der Waals surface area contributed by atoms with Gasteiger partial charge in [0.25, 0.3) is 0 Å². The van der Waals surface area contributed by atoms with Gasteiger partial charge in [-0.2, -0.15) is 0 Å². The van der Waals surface area contributed by atoms with Gasteiger partial charge in [-0.1, -0.05) is 107 Å². The van der Waals surface area contributed by atoms with Crippen LogP contribution in [-0.4, -0.2) is 35.5 Å². The average molecular weight is 573 g/mol. The van der Waals surface area contributed by atoms with Gasteiger partial charge in [-0.05, 0) is 50.2 Å². The topological polar surface area (TPSA) is 48.8 Å². The van der Waals surface area contributed by atoms with Crippen molar-refractivity contribution in [1.82, 2.24) is 19.3 Å². The van der Waals surface area contributed by atoms with Gasteiger partial charge in [0.1, 0.15) is 0 Å². The Morgan fingerprint density at radius 2 is 0.829 bits per heavy atom. The second-order valence-electron chi connectivity index (χ2n) is 13.5. The molecule has 3 heterocycles. The van der Waals surface area contributed by atoms with Crippen molar-refractivity contribution in [2.45, 2.75) is 53.1 Å². The maximum atomic E-state index is 6.58. The Hall–Kier alpha value is -3.95. The molecule has 0 amide bonds. The van der Waals surface area contributed by atoms with Crippen LogP contribution in [-0.2, 0) is 0 Å². The number of hydrogen-bond donors (Lipinski definition) is 0. The van der Waals surface area contributed by atoms with E-state index in [2.05, 4.69) is 145 Å². The van der Waals surface area contributed by atoms with Gasteiger partial charge < -0.3 is 4.42 Å². The predicted octanol–water partition coefficient (Wildman–Crippen LogP) is 7.97. The van der Waals surface area contributed by atoms with Crippen LogP contribution >= 0.6 is 0 Å². The first-order valence-electron chi connectivity index (χ1n) is 14.3. The van der Waals surface area contributed by atoms with Gasteiger partial charge in [0, 0.05) is 21.5 Å². The van der Waals surface area contributed by atoms with Gasteiger partial charge in [-0.25, -0.2) is 0 Å². The quantitative estimate of drug-likeness (QED) is 0.201. The van der Waals surface area contributed by atoms with Crippen molar-refractivity contribution in [3.8, 4) is 12.0 Å². The van der Waals surface area contributed by atoms with Gasteiger partial charge >= 0.3 is 12.0 Å². The number of rotatable bonds is 4. The molecule has 7 heteroatoms. The van der Waals surface area contributed by atoms with Crippen molar-refractivity contribution in [3.63, 3.8) is 0 Å². The lowest BCUT2D eigenvalue weighted by Crippen LogP contribution is -2.37. The summed E-state index contributed by atoms with van der Waals surface area (Å²) in [5.74, 6) is 0. The molecule has 5 nitrogen and oxygen atoms in total. The molecule has 7 rings (SSSR count).